The highest BCUT2D eigenvalue weighted by molar-refractivity contribution is 7.99. The first-order valence-electron chi connectivity index (χ1n) is 8.09. The minimum absolute atomic E-state index is 0.0545. The zero-order valence-corrected chi connectivity index (χ0v) is 15.1. The second-order valence-electron chi connectivity index (χ2n) is 5.71. The van der Waals surface area contributed by atoms with Crippen molar-refractivity contribution in [3.05, 3.63) is 23.9 Å². The van der Waals surface area contributed by atoms with Gasteiger partial charge < -0.3 is 15.4 Å². The van der Waals surface area contributed by atoms with Crippen LogP contribution in [0.25, 0.3) is 0 Å². The molecule has 25 heavy (non-hydrogen) atoms. The number of nitrogens with zero attached hydrogens (tertiary/aromatic N) is 2. The second kappa shape index (κ2) is 9.17. The third kappa shape index (κ3) is 5.98. The number of hydrogen-bond acceptors (Lipinski definition) is 4. The molecule has 1 aliphatic rings. The molecule has 2 rings (SSSR count). The van der Waals surface area contributed by atoms with Crippen LogP contribution < -0.4 is 15.4 Å². The van der Waals surface area contributed by atoms with Gasteiger partial charge in [0.05, 0.1) is 6.54 Å². The van der Waals surface area contributed by atoms with Gasteiger partial charge >= 0.3 is 6.18 Å². The normalized spacial score (nSPS) is 21.2. The molecule has 0 spiro atoms. The first-order valence-corrected chi connectivity index (χ1v) is 9.37. The van der Waals surface area contributed by atoms with E-state index in [1.54, 1.807) is 7.05 Å². The monoisotopic (exact) mass is 376 g/mol. The lowest BCUT2D eigenvalue weighted by Crippen LogP contribution is -2.43. The minimum atomic E-state index is -4.48. The predicted octanol–water partition coefficient (Wildman–Crippen LogP) is 2.93. The van der Waals surface area contributed by atoms with Crippen molar-refractivity contribution in [3.63, 3.8) is 0 Å². The third-order valence-corrected chi connectivity index (χ3v) is 5.09. The van der Waals surface area contributed by atoms with E-state index in [4.69, 9.17) is 4.74 Å². The van der Waals surface area contributed by atoms with Crippen LogP contribution in [-0.2, 0) is 6.18 Å². The molecule has 0 radical (unpaired) electrons. The number of alkyl halides is 3. The van der Waals surface area contributed by atoms with Crippen molar-refractivity contribution in [1.82, 2.24) is 15.6 Å². The summed E-state index contributed by atoms with van der Waals surface area (Å²) in [5.74, 6) is 0.228. The van der Waals surface area contributed by atoms with Gasteiger partial charge in [-0.05, 0) is 37.7 Å². The summed E-state index contributed by atoms with van der Waals surface area (Å²) in [6, 6.07) is 2.57. The molecule has 2 atom stereocenters. The molecule has 9 heteroatoms. The third-order valence-electron chi connectivity index (χ3n) is 3.99. The Morgan fingerprint density at radius 2 is 2.24 bits per heavy atom. The van der Waals surface area contributed by atoms with Crippen molar-refractivity contribution in [1.29, 1.82) is 0 Å². The average molecular weight is 376 g/mol. The highest BCUT2D eigenvalue weighted by Crippen LogP contribution is 2.34. The molecule has 2 N–H and O–H groups in total. The minimum Gasteiger partial charge on any atom is -0.475 e. The van der Waals surface area contributed by atoms with Gasteiger partial charge in [-0.15, -0.1) is 0 Å². The highest BCUT2D eigenvalue weighted by Gasteiger charge is 2.35. The molecule has 140 valence electrons. The van der Waals surface area contributed by atoms with Gasteiger partial charge in [0.2, 0.25) is 5.88 Å². The van der Waals surface area contributed by atoms with Gasteiger partial charge in [0, 0.05) is 24.5 Å². The van der Waals surface area contributed by atoms with Gasteiger partial charge in [0.15, 0.2) is 5.96 Å². The smallest absolute Gasteiger partial charge is 0.421 e. The number of rotatable bonds is 6. The lowest BCUT2D eigenvalue weighted by Gasteiger charge is -2.18. The van der Waals surface area contributed by atoms with E-state index in [1.807, 2.05) is 11.8 Å². The Morgan fingerprint density at radius 3 is 2.88 bits per heavy atom. The molecule has 1 aromatic heterocycles. The molecule has 1 aliphatic carbocycles. The molecule has 0 saturated heterocycles. The molecule has 0 aliphatic heterocycles. The van der Waals surface area contributed by atoms with Crippen LogP contribution in [-0.4, -0.2) is 48.7 Å². The molecule has 2 unspecified atom stereocenters. The molecule has 0 aromatic carbocycles. The highest BCUT2D eigenvalue weighted by atomic mass is 32.2. The van der Waals surface area contributed by atoms with Crippen LogP contribution in [0, 0.1) is 0 Å². The number of aromatic nitrogens is 1. The van der Waals surface area contributed by atoms with Crippen molar-refractivity contribution in [2.45, 2.75) is 36.7 Å². The van der Waals surface area contributed by atoms with Crippen LogP contribution in [0.1, 0.15) is 24.8 Å². The molecule has 1 fully saturated rings. The van der Waals surface area contributed by atoms with Crippen LogP contribution in [0.3, 0.4) is 0 Å². The summed E-state index contributed by atoms with van der Waals surface area (Å²) >= 11 is 1.87. The van der Waals surface area contributed by atoms with Crippen molar-refractivity contribution in [2.75, 3.05) is 26.5 Å². The first-order chi connectivity index (χ1) is 11.9. The van der Waals surface area contributed by atoms with Crippen molar-refractivity contribution >= 4 is 17.7 Å². The number of halogens is 3. The molecule has 5 nitrogen and oxygen atoms in total. The summed E-state index contributed by atoms with van der Waals surface area (Å²) < 4.78 is 43.8. The molecule has 0 amide bonds. The molecule has 1 aromatic rings. The van der Waals surface area contributed by atoms with E-state index in [9.17, 15) is 13.2 Å². The number of nitrogens with one attached hydrogen (secondary N) is 2. The van der Waals surface area contributed by atoms with E-state index in [-0.39, 0.29) is 6.61 Å². The van der Waals surface area contributed by atoms with Crippen molar-refractivity contribution < 1.29 is 17.9 Å². The number of aliphatic imine (C=N–C) groups is 1. The maximum absolute atomic E-state index is 12.9. The molecular weight excluding hydrogens is 353 g/mol. The number of pyridine rings is 1. The zero-order valence-electron chi connectivity index (χ0n) is 14.3. The molecule has 1 saturated carbocycles. The summed E-state index contributed by atoms with van der Waals surface area (Å²) in [6.07, 6.45) is 2.27. The number of thioether (sulfide) groups is 1. The standard InChI is InChI=1S/C16H23F3N4OS/c1-20-15(23-11-5-6-12(10-11)25-2)22-8-9-24-14-13(16(17,18)19)4-3-7-21-14/h3-4,7,11-12H,5-6,8-10H2,1-2H3,(H2,20,22,23). The Hall–Kier alpha value is -1.64. The van der Waals surface area contributed by atoms with E-state index in [2.05, 4.69) is 26.9 Å². The second-order valence-corrected chi connectivity index (χ2v) is 6.85. The van der Waals surface area contributed by atoms with Gasteiger partial charge in [0.25, 0.3) is 0 Å². The summed E-state index contributed by atoms with van der Waals surface area (Å²) in [5, 5.41) is 7.06. The van der Waals surface area contributed by atoms with Crippen LogP contribution in [0.5, 0.6) is 5.88 Å². The topological polar surface area (TPSA) is 58.5 Å². The van der Waals surface area contributed by atoms with Crippen molar-refractivity contribution in [2.24, 2.45) is 4.99 Å². The van der Waals surface area contributed by atoms with Gasteiger partial charge in [-0.2, -0.15) is 24.9 Å². The fourth-order valence-electron chi connectivity index (χ4n) is 2.71. The van der Waals surface area contributed by atoms with Gasteiger partial charge in [-0.25, -0.2) is 4.98 Å². The van der Waals surface area contributed by atoms with Crippen LogP contribution in [0.2, 0.25) is 0 Å². The first kappa shape index (κ1) is 19.7. The van der Waals surface area contributed by atoms with Crippen LogP contribution in [0.15, 0.2) is 23.3 Å². The quantitative estimate of drug-likeness (QED) is 0.454. The van der Waals surface area contributed by atoms with E-state index >= 15 is 0 Å². The number of hydrogen-bond donors (Lipinski definition) is 2. The molecular formula is C16H23F3N4OS. The summed E-state index contributed by atoms with van der Waals surface area (Å²) in [7, 11) is 1.66. The lowest BCUT2D eigenvalue weighted by molar-refractivity contribution is -0.139. The van der Waals surface area contributed by atoms with Gasteiger partial charge in [-0.3, -0.25) is 4.99 Å². The maximum atomic E-state index is 12.9. The largest absolute Gasteiger partial charge is 0.475 e. The summed E-state index contributed by atoms with van der Waals surface area (Å²) in [4.78, 5) is 7.80. The Kier molecular flexibility index (Phi) is 7.22. The van der Waals surface area contributed by atoms with Crippen LogP contribution >= 0.6 is 11.8 Å². The van der Waals surface area contributed by atoms with Crippen molar-refractivity contribution in [3.8, 4) is 5.88 Å². The van der Waals surface area contributed by atoms with Crippen LogP contribution in [0.4, 0.5) is 13.2 Å². The summed E-state index contributed by atoms with van der Waals surface area (Å²) in [6.45, 7) is 0.380. The SMILES string of the molecule is CN=C(NCCOc1ncccc1C(F)(F)F)NC1CCC(SC)C1. The zero-order chi connectivity index (χ0) is 18.3. The Morgan fingerprint density at radius 1 is 1.44 bits per heavy atom. The Labute approximate surface area is 149 Å². The maximum Gasteiger partial charge on any atom is 0.421 e. The number of ether oxygens (including phenoxy) is 1. The number of guanidine groups is 1. The van der Waals surface area contributed by atoms with Gasteiger partial charge in [-0.1, -0.05) is 0 Å². The van der Waals surface area contributed by atoms with E-state index in [1.165, 1.54) is 18.7 Å². The average Bonchev–Trinajstić information content (AvgIpc) is 3.04. The van der Waals surface area contributed by atoms with E-state index < -0.39 is 17.6 Å². The predicted molar refractivity (Wildman–Crippen MR) is 94.2 cm³/mol. The lowest BCUT2D eigenvalue weighted by atomic mass is 10.2. The molecule has 1 heterocycles. The molecule has 0 bridgehead atoms. The fourth-order valence-corrected chi connectivity index (χ4v) is 3.51. The van der Waals surface area contributed by atoms with Gasteiger partial charge in [0.1, 0.15) is 12.2 Å². The summed E-state index contributed by atoms with van der Waals surface area (Å²) in [5.41, 5.74) is -0.869. The van der Waals surface area contributed by atoms with E-state index in [0.717, 1.165) is 18.9 Å². The Balaban J connectivity index is 1.77. The fraction of sp³-hybridized carbons (Fsp3) is 0.625. The van der Waals surface area contributed by atoms with E-state index in [0.29, 0.717) is 23.8 Å². The Bertz CT molecular complexity index is 583.